The third-order valence-electron chi connectivity index (χ3n) is 11.7. The summed E-state index contributed by atoms with van der Waals surface area (Å²) in [5, 5.41) is 0. The average Bonchev–Trinajstić information content (AvgIpc) is 3.09. The summed E-state index contributed by atoms with van der Waals surface area (Å²) in [6, 6.07) is 0. The van der Waals surface area contributed by atoms with Crippen LogP contribution >= 0.6 is 0 Å². The number of nitrogens with zero attached hydrogens (tertiary/aromatic N) is 2. The molecule has 0 saturated carbocycles. The number of ether oxygens (including phenoxy) is 5. The van der Waals surface area contributed by atoms with Crippen molar-refractivity contribution in [2.45, 2.75) is 141 Å². The Kier molecular flexibility index (Phi) is 22.3. The molecule has 0 spiro atoms. The van der Waals surface area contributed by atoms with Crippen LogP contribution in [0.3, 0.4) is 0 Å². The molecule has 11 heteroatoms. The van der Waals surface area contributed by atoms with Gasteiger partial charge in [-0.2, -0.15) is 0 Å². The molecule has 0 radical (unpaired) electrons. The normalized spacial score (nSPS) is 16.9. The Balaban J connectivity index is 6.45. The molecule has 0 fully saturated rings. The lowest BCUT2D eigenvalue weighted by Gasteiger charge is -2.40. The zero-order chi connectivity index (χ0) is 42.9. The van der Waals surface area contributed by atoms with Crippen LogP contribution in [0.15, 0.2) is 0 Å². The average molecular weight is 785 g/mol. The summed E-state index contributed by atoms with van der Waals surface area (Å²) in [7, 11) is 7.85. The number of carbonyl (C=O) groups is 4. The van der Waals surface area contributed by atoms with Gasteiger partial charge in [0.25, 0.3) is 0 Å². The van der Waals surface area contributed by atoms with E-state index in [2.05, 4.69) is 18.7 Å². The number of likely N-dealkylation sites (N-methyl/N-ethyl adjacent to an activating group) is 2. The van der Waals surface area contributed by atoms with Crippen LogP contribution < -0.4 is 0 Å². The van der Waals surface area contributed by atoms with E-state index in [0.717, 1.165) is 19.4 Å². The largest absolute Gasteiger partial charge is 0.464 e. The summed E-state index contributed by atoms with van der Waals surface area (Å²) in [5.74, 6) is -1.62. The van der Waals surface area contributed by atoms with Crippen molar-refractivity contribution in [3.05, 3.63) is 0 Å². The molecule has 0 heterocycles. The summed E-state index contributed by atoms with van der Waals surface area (Å²) in [4.78, 5) is 59.0. The van der Waals surface area contributed by atoms with Gasteiger partial charge in [0.15, 0.2) is 0 Å². The van der Waals surface area contributed by atoms with Gasteiger partial charge in [0.05, 0.1) is 40.3 Å². The van der Waals surface area contributed by atoms with E-state index in [-0.39, 0.29) is 62.1 Å². The van der Waals surface area contributed by atoms with Gasteiger partial charge in [-0.15, -0.1) is 0 Å². The van der Waals surface area contributed by atoms with Gasteiger partial charge in [0.2, 0.25) is 0 Å². The van der Waals surface area contributed by atoms with Crippen LogP contribution in [0.4, 0.5) is 0 Å². The number of esters is 4. The zero-order valence-electron chi connectivity index (χ0n) is 38.5. The van der Waals surface area contributed by atoms with Crippen LogP contribution in [0.2, 0.25) is 0 Å². The highest BCUT2D eigenvalue weighted by molar-refractivity contribution is 5.81. The lowest BCUT2D eigenvalue weighted by molar-refractivity contribution is -0.177. The van der Waals surface area contributed by atoms with Gasteiger partial charge in [-0.1, -0.05) is 61.3 Å². The van der Waals surface area contributed by atoms with Gasteiger partial charge in [0.1, 0.15) is 26.4 Å². The number of hydrogen-bond donors (Lipinski definition) is 0. The summed E-state index contributed by atoms with van der Waals surface area (Å²) in [6.45, 7) is 27.8. The molecule has 55 heavy (non-hydrogen) atoms. The Bertz CT molecular complexity index is 1190. The fraction of sp³-hybridized carbons (Fsp3) is 0.909. The van der Waals surface area contributed by atoms with E-state index in [0.29, 0.717) is 51.9 Å². The van der Waals surface area contributed by atoms with Crippen LogP contribution in [0.1, 0.15) is 141 Å². The molecule has 0 aliphatic carbocycles. The van der Waals surface area contributed by atoms with E-state index in [9.17, 15) is 19.2 Å². The molecule has 324 valence electrons. The summed E-state index contributed by atoms with van der Waals surface area (Å²) < 4.78 is 30.1. The summed E-state index contributed by atoms with van der Waals surface area (Å²) >= 11 is 0. The summed E-state index contributed by atoms with van der Waals surface area (Å²) in [5.41, 5.74) is -4.74. The van der Waals surface area contributed by atoms with Crippen LogP contribution in [0.25, 0.3) is 0 Å². The van der Waals surface area contributed by atoms with E-state index in [1.54, 1.807) is 0 Å². The smallest absolute Gasteiger partial charge is 0.312 e. The van der Waals surface area contributed by atoms with Gasteiger partial charge in [-0.3, -0.25) is 19.2 Å². The quantitative estimate of drug-likeness (QED) is 0.0415. The van der Waals surface area contributed by atoms with Crippen LogP contribution in [0, 0.1) is 38.4 Å². The molecular weight excluding hydrogens is 700 g/mol. The van der Waals surface area contributed by atoms with Gasteiger partial charge < -0.3 is 33.5 Å². The highest BCUT2D eigenvalue weighted by Gasteiger charge is 2.48. The van der Waals surface area contributed by atoms with Gasteiger partial charge in [-0.05, 0) is 120 Å². The van der Waals surface area contributed by atoms with Crippen molar-refractivity contribution in [1.29, 1.82) is 0 Å². The molecular formula is C44H84N2O9. The first-order valence-corrected chi connectivity index (χ1v) is 20.8. The molecule has 0 N–H and O–H groups in total. The second kappa shape index (κ2) is 23.2. The minimum atomic E-state index is -1.02. The number of hydrogen-bond acceptors (Lipinski definition) is 11. The Hall–Kier alpha value is -2.24. The maximum absolute atomic E-state index is 14.2. The van der Waals surface area contributed by atoms with Crippen molar-refractivity contribution in [3.8, 4) is 0 Å². The molecule has 11 nitrogen and oxygen atoms in total. The van der Waals surface area contributed by atoms with Crippen molar-refractivity contribution in [1.82, 2.24) is 9.80 Å². The van der Waals surface area contributed by atoms with Crippen molar-refractivity contribution >= 4 is 23.9 Å². The topological polar surface area (TPSA) is 121 Å². The van der Waals surface area contributed by atoms with E-state index in [4.69, 9.17) is 23.7 Å². The second-order valence-corrected chi connectivity index (χ2v) is 19.3. The predicted octanol–water partition coefficient (Wildman–Crippen LogP) is 8.21. The minimum Gasteiger partial charge on any atom is -0.464 e. The molecule has 0 aliphatic heterocycles. The molecule has 4 unspecified atom stereocenters. The lowest BCUT2D eigenvalue weighted by Crippen LogP contribution is -2.46. The first-order chi connectivity index (χ1) is 25.2. The van der Waals surface area contributed by atoms with Crippen molar-refractivity contribution < 1.29 is 42.9 Å². The molecule has 0 amide bonds. The monoisotopic (exact) mass is 785 g/mol. The number of rotatable bonds is 29. The van der Waals surface area contributed by atoms with Gasteiger partial charge >= 0.3 is 23.9 Å². The van der Waals surface area contributed by atoms with Gasteiger partial charge in [-0.25, -0.2) is 0 Å². The Labute approximate surface area is 336 Å². The highest BCUT2D eigenvalue weighted by Crippen LogP contribution is 2.44. The fourth-order valence-corrected chi connectivity index (χ4v) is 6.95. The summed E-state index contributed by atoms with van der Waals surface area (Å²) in [6.07, 6.45) is 4.65. The third-order valence-corrected chi connectivity index (χ3v) is 11.7. The Morgan fingerprint density at radius 3 is 1.45 bits per heavy atom. The maximum atomic E-state index is 14.2. The highest BCUT2D eigenvalue weighted by atomic mass is 16.6. The van der Waals surface area contributed by atoms with E-state index >= 15 is 0 Å². The van der Waals surface area contributed by atoms with Crippen LogP contribution in [-0.2, 0) is 42.9 Å². The van der Waals surface area contributed by atoms with Gasteiger partial charge in [0, 0.05) is 13.1 Å². The Morgan fingerprint density at radius 1 is 0.545 bits per heavy atom. The standard InChI is InChI=1S/C44H84N2O9/c1-18-22-39(7,8)35(47)53-31-44(23-19-2,32-54-36(48)40(9,10)28-41(11,20-3)30-51-26-24-45(14)15)33-55-37(49)42(12,21-4)29-43(13,34(5)6)38(50)52-27-25-46(16)17/h34H,18-33H2,1-17H3. The third kappa shape index (κ3) is 17.4. The molecule has 0 aromatic carbocycles. The molecule has 4 atom stereocenters. The van der Waals surface area contributed by atoms with E-state index in [1.165, 1.54) is 0 Å². The second-order valence-electron chi connectivity index (χ2n) is 19.3. The van der Waals surface area contributed by atoms with Crippen LogP contribution in [-0.4, -0.2) is 115 Å². The molecule has 0 aliphatic rings. The lowest BCUT2D eigenvalue weighted by atomic mass is 9.66. The maximum Gasteiger partial charge on any atom is 0.312 e. The fourth-order valence-electron chi connectivity index (χ4n) is 6.95. The minimum absolute atomic E-state index is 0.0784. The van der Waals surface area contributed by atoms with E-state index in [1.807, 2.05) is 109 Å². The SMILES string of the molecule is CCCC(COC(=O)C(C)(C)CCC)(COC(=O)C(C)(C)CC(C)(CC)COCCN(C)C)COC(=O)C(C)(CC)CC(C)(C(=O)OCCN(C)C)C(C)C. The predicted molar refractivity (Wildman–Crippen MR) is 221 cm³/mol. The Morgan fingerprint density at radius 2 is 1.02 bits per heavy atom. The first kappa shape index (κ1) is 52.8. The molecule has 0 aromatic heterocycles. The molecule has 0 aromatic rings. The molecule has 0 saturated heterocycles. The molecule has 0 rings (SSSR count). The van der Waals surface area contributed by atoms with Crippen molar-refractivity contribution in [2.24, 2.45) is 38.4 Å². The molecule has 0 bridgehead atoms. The van der Waals surface area contributed by atoms with E-state index < -0.39 is 33.0 Å². The van der Waals surface area contributed by atoms with Crippen molar-refractivity contribution in [2.75, 3.05) is 80.9 Å². The van der Waals surface area contributed by atoms with Crippen molar-refractivity contribution in [3.63, 3.8) is 0 Å². The van der Waals surface area contributed by atoms with Crippen LogP contribution in [0.5, 0.6) is 0 Å². The zero-order valence-corrected chi connectivity index (χ0v) is 38.5. The number of carbonyl (C=O) groups excluding carboxylic acids is 4. The first-order valence-electron chi connectivity index (χ1n) is 20.8.